The van der Waals surface area contributed by atoms with E-state index >= 15 is 0 Å². The Morgan fingerprint density at radius 3 is 2.54 bits per heavy atom. The molecule has 0 bridgehead atoms. The van der Waals surface area contributed by atoms with Gasteiger partial charge in [-0.05, 0) is 19.1 Å². The molecule has 0 amide bonds. The van der Waals surface area contributed by atoms with Gasteiger partial charge in [0.2, 0.25) is 0 Å². The first-order chi connectivity index (χ1) is 6.25. The van der Waals surface area contributed by atoms with Gasteiger partial charge in [0.25, 0.3) is 0 Å². The van der Waals surface area contributed by atoms with Crippen LogP contribution >= 0.6 is 23.2 Å². The zero-order valence-corrected chi connectivity index (χ0v) is 8.64. The van der Waals surface area contributed by atoms with Crippen LogP contribution in [0.2, 0.25) is 10.0 Å². The SMILES string of the molecule is CC=NOCc1c(Cl)cccc1Cl. The summed E-state index contributed by atoms with van der Waals surface area (Å²) in [6.45, 7) is 2.07. The van der Waals surface area contributed by atoms with E-state index in [-0.39, 0.29) is 0 Å². The first-order valence-corrected chi connectivity index (χ1v) is 4.54. The van der Waals surface area contributed by atoms with Crippen LogP contribution in [0.15, 0.2) is 23.4 Å². The van der Waals surface area contributed by atoms with Crippen molar-refractivity contribution in [2.24, 2.45) is 5.16 Å². The Labute approximate surface area is 87.1 Å². The molecule has 0 saturated carbocycles. The normalized spacial score (nSPS) is 10.7. The summed E-state index contributed by atoms with van der Waals surface area (Å²) in [6.07, 6.45) is 1.56. The van der Waals surface area contributed by atoms with Crippen molar-refractivity contribution in [2.75, 3.05) is 0 Å². The van der Waals surface area contributed by atoms with Crippen LogP contribution in [0.4, 0.5) is 0 Å². The lowest BCUT2D eigenvalue weighted by molar-refractivity contribution is 0.132. The van der Waals surface area contributed by atoms with Crippen LogP contribution in [0, 0.1) is 0 Å². The second kappa shape index (κ2) is 5.10. The van der Waals surface area contributed by atoms with Crippen LogP contribution in [-0.4, -0.2) is 6.21 Å². The summed E-state index contributed by atoms with van der Waals surface area (Å²) in [5, 5.41) is 4.80. The lowest BCUT2D eigenvalue weighted by Crippen LogP contribution is -1.89. The molecule has 0 N–H and O–H groups in total. The summed E-state index contributed by atoms with van der Waals surface area (Å²) in [5.74, 6) is 0. The van der Waals surface area contributed by atoms with E-state index in [1.54, 1.807) is 31.3 Å². The molecule has 0 spiro atoms. The summed E-state index contributed by atoms with van der Waals surface area (Å²) in [5.41, 5.74) is 0.761. The molecule has 2 nitrogen and oxygen atoms in total. The molecule has 0 aliphatic carbocycles. The van der Waals surface area contributed by atoms with Crippen molar-refractivity contribution in [3.63, 3.8) is 0 Å². The summed E-state index contributed by atoms with van der Waals surface area (Å²) in [6, 6.07) is 5.32. The molecule has 13 heavy (non-hydrogen) atoms. The quantitative estimate of drug-likeness (QED) is 0.561. The molecule has 0 unspecified atom stereocenters. The maximum Gasteiger partial charge on any atom is 0.145 e. The van der Waals surface area contributed by atoms with Crippen LogP contribution in [0.1, 0.15) is 12.5 Å². The van der Waals surface area contributed by atoms with Gasteiger partial charge in [-0.1, -0.05) is 34.4 Å². The van der Waals surface area contributed by atoms with Crippen molar-refractivity contribution in [1.82, 2.24) is 0 Å². The first kappa shape index (κ1) is 10.4. The van der Waals surface area contributed by atoms with Gasteiger partial charge in [-0.25, -0.2) is 0 Å². The molecule has 1 aromatic carbocycles. The Bertz CT molecular complexity index is 292. The molecule has 0 atom stereocenters. The number of benzene rings is 1. The lowest BCUT2D eigenvalue weighted by atomic mass is 10.2. The molecule has 0 aromatic heterocycles. The van der Waals surface area contributed by atoms with E-state index in [1.165, 1.54) is 0 Å². The molecule has 0 radical (unpaired) electrons. The minimum absolute atomic E-state index is 0.294. The van der Waals surface area contributed by atoms with Gasteiger partial charge >= 0.3 is 0 Å². The average Bonchev–Trinajstić information content (AvgIpc) is 2.10. The maximum atomic E-state index is 5.89. The first-order valence-electron chi connectivity index (χ1n) is 3.78. The highest BCUT2D eigenvalue weighted by Gasteiger charge is 2.04. The van der Waals surface area contributed by atoms with Gasteiger partial charge in [-0.15, -0.1) is 0 Å². The third kappa shape index (κ3) is 2.90. The third-order valence-electron chi connectivity index (χ3n) is 1.45. The van der Waals surface area contributed by atoms with E-state index in [2.05, 4.69) is 5.16 Å². The van der Waals surface area contributed by atoms with Gasteiger partial charge in [0, 0.05) is 21.8 Å². The standard InChI is InChI=1S/C9H9Cl2NO/c1-2-12-13-6-7-8(10)4-3-5-9(7)11/h2-5H,6H2,1H3. The number of nitrogens with zero attached hydrogens (tertiary/aromatic N) is 1. The Hall–Kier alpha value is -0.730. The van der Waals surface area contributed by atoms with Crippen molar-refractivity contribution in [3.05, 3.63) is 33.8 Å². The highest BCUT2D eigenvalue weighted by atomic mass is 35.5. The molecular formula is C9H9Cl2NO. The van der Waals surface area contributed by atoms with E-state index in [9.17, 15) is 0 Å². The molecule has 1 rings (SSSR count). The molecule has 0 saturated heterocycles. The maximum absolute atomic E-state index is 5.89. The minimum Gasteiger partial charge on any atom is -0.391 e. The van der Waals surface area contributed by atoms with Crippen LogP contribution < -0.4 is 0 Å². The average molecular weight is 218 g/mol. The molecule has 70 valence electrons. The Morgan fingerprint density at radius 1 is 1.38 bits per heavy atom. The van der Waals surface area contributed by atoms with Crippen molar-refractivity contribution >= 4 is 29.4 Å². The zero-order valence-electron chi connectivity index (χ0n) is 7.13. The largest absolute Gasteiger partial charge is 0.391 e. The topological polar surface area (TPSA) is 21.6 Å². The van der Waals surface area contributed by atoms with Gasteiger partial charge in [0.05, 0.1) is 0 Å². The Kier molecular flexibility index (Phi) is 4.06. The van der Waals surface area contributed by atoms with E-state index in [4.69, 9.17) is 28.0 Å². The van der Waals surface area contributed by atoms with Crippen molar-refractivity contribution in [2.45, 2.75) is 13.5 Å². The molecule has 0 fully saturated rings. The van der Waals surface area contributed by atoms with E-state index < -0.39 is 0 Å². The van der Waals surface area contributed by atoms with Gasteiger partial charge in [-0.2, -0.15) is 0 Å². The lowest BCUT2D eigenvalue weighted by Gasteiger charge is -2.04. The fourth-order valence-electron chi connectivity index (χ4n) is 0.847. The third-order valence-corrected chi connectivity index (χ3v) is 2.16. The fraction of sp³-hybridized carbons (Fsp3) is 0.222. The van der Waals surface area contributed by atoms with Crippen LogP contribution in [0.25, 0.3) is 0 Å². The van der Waals surface area contributed by atoms with E-state index in [0.717, 1.165) is 5.56 Å². The Morgan fingerprint density at radius 2 is 2.00 bits per heavy atom. The summed E-state index contributed by atoms with van der Waals surface area (Å²) in [4.78, 5) is 4.93. The molecule has 1 aromatic rings. The predicted octanol–water partition coefficient (Wildman–Crippen LogP) is 3.52. The summed E-state index contributed by atoms with van der Waals surface area (Å²) < 4.78 is 0. The van der Waals surface area contributed by atoms with Crippen molar-refractivity contribution in [1.29, 1.82) is 0 Å². The monoisotopic (exact) mass is 217 g/mol. The van der Waals surface area contributed by atoms with Gasteiger partial charge in [-0.3, -0.25) is 0 Å². The fourth-order valence-corrected chi connectivity index (χ4v) is 1.35. The molecule has 4 heteroatoms. The highest BCUT2D eigenvalue weighted by molar-refractivity contribution is 6.35. The van der Waals surface area contributed by atoms with E-state index in [0.29, 0.717) is 16.7 Å². The number of halogens is 2. The predicted molar refractivity (Wildman–Crippen MR) is 55.4 cm³/mol. The van der Waals surface area contributed by atoms with Crippen LogP contribution in [0.3, 0.4) is 0 Å². The van der Waals surface area contributed by atoms with E-state index in [1.807, 2.05) is 0 Å². The van der Waals surface area contributed by atoms with Gasteiger partial charge in [0.1, 0.15) is 6.61 Å². The van der Waals surface area contributed by atoms with Crippen molar-refractivity contribution < 1.29 is 4.84 Å². The van der Waals surface area contributed by atoms with Crippen LogP contribution in [0.5, 0.6) is 0 Å². The molecular weight excluding hydrogens is 209 g/mol. The number of oxime groups is 1. The Balaban J connectivity index is 2.75. The second-order valence-corrected chi connectivity index (χ2v) is 3.15. The van der Waals surface area contributed by atoms with Gasteiger partial charge in [0.15, 0.2) is 0 Å². The zero-order chi connectivity index (χ0) is 9.68. The minimum atomic E-state index is 0.294. The second-order valence-electron chi connectivity index (χ2n) is 2.34. The van der Waals surface area contributed by atoms with Gasteiger partial charge < -0.3 is 4.84 Å². The highest BCUT2D eigenvalue weighted by Crippen LogP contribution is 2.24. The smallest absolute Gasteiger partial charge is 0.145 e. The molecule has 0 aliphatic heterocycles. The number of hydrogen-bond acceptors (Lipinski definition) is 2. The van der Waals surface area contributed by atoms with Crippen LogP contribution in [-0.2, 0) is 11.4 Å². The summed E-state index contributed by atoms with van der Waals surface area (Å²) in [7, 11) is 0. The summed E-state index contributed by atoms with van der Waals surface area (Å²) >= 11 is 11.8. The molecule has 0 heterocycles. The number of rotatable bonds is 3. The van der Waals surface area contributed by atoms with Crippen molar-refractivity contribution in [3.8, 4) is 0 Å². The number of hydrogen-bond donors (Lipinski definition) is 0. The molecule has 0 aliphatic rings.